The number of halogens is 5. The molecule has 6 heterocycles. The third-order valence-electron chi connectivity index (χ3n) is 11.2. The highest BCUT2D eigenvalue weighted by molar-refractivity contribution is 7.22. The lowest BCUT2D eigenvalue weighted by molar-refractivity contribution is -0.151. The zero-order valence-corrected chi connectivity index (χ0v) is 37.9. The maximum absolute atomic E-state index is 14.5. The maximum atomic E-state index is 14.5. The fourth-order valence-corrected chi connectivity index (χ4v) is 9.22. The Bertz CT molecular complexity index is 2800. The molecule has 350 valence electrons. The van der Waals surface area contributed by atoms with Crippen LogP contribution in [0.2, 0.25) is 5.02 Å². The second-order valence-electron chi connectivity index (χ2n) is 15.8. The Hall–Kier alpha value is -6.44. The molecular weight excluding hydrogens is 918 g/mol. The van der Waals surface area contributed by atoms with Gasteiger partial charge in [-0.1, -0.05) is 48.0 Å². The van der Waals surface area contributed by atoms with Crippen LogP contribution in [0.15, 0.2) is 73.2 Å². The van der Waals surface area contributed by atoms with Gasteiger partial charge in [0.2, 0.25) is 23.8 Å². The molecule has 0 unspecified atom stereocenters. The Morgan fingerprint density at radius 2 is 1.82 bits per heavy atom. The third-order valence-corrected chi connectivity index (χ3v) is 12.9. The summed E-state index contributed by atoms with van der Waals surface area (Å²) in [5, 5.41) is 3.72. The van der Waals surface area contributed by atoms with Crippen LogP contribution in [0, 0.1) is 12.7 Å². The van der Waals surface area contributed by atoms with Gasteiger partial charge in [0.05, 0.1) is 37.1 Å². The number of ether oxygens (including phenoxy) is 4. The molecule has 3 aromatic heterocycles. The van der Waals surface area contributed by atoms with E-state index in [1.165, 1.54) is 42.1 Å². The molecule has 3 aromatic carbocycles. The van der Waals surface area contributed by atoms with Crippen LogP contribution in [-0.2, 0) is 45.1 Å². The molecule has 67 heavy (non-hydrogen) atoms. The predicted molar refractivity (Wildman–Crippen MR) is 240 cm³/mol. The first-order chi connectivity index (χ1) is 32.2. The molecule has 1 fully saturated rings. The summed E-state index contributed by atoms with van der Waals surface area (Å²) in [7, 11) is 0. The standard InChI is InChI=1S/C47H44ClF4N7O7S/c1-3-63-45(62)36-22-31-20-28(4-11-35(31)65-25-33-12-14-54-46(57-33)64-19-13-47(50,51)52)21-38(61)59(18-17-58-16-15-53-37(60)24-58)23-30-7-10-34(27(2)41(30)48)39-40-43(66-36)55-26-56-44(40)67-42(39)29-5-8-32(49)9-6-29/h4-12,14,20,26,36H,3,13,15-19,21-25H2,1-2H3,(H,53,60)/t36-/m1/s1. The van der Waals surface area contributed by atoms with E-state index >= 15 is 0 Å². The number of alkyl halides is 3. The molecule has 1 N–H and O–H groups in total. The van der Waals surface area contributed by atoms with Crippen molar-refractivity contribution >= 4 is 50.9 Å². The van der Waals surface area contributed by atoms with E-state index in [0.29, 0.717) is 84.4 Å². The lowest BCUT2D eigenvalue weighted by Crippen LogP contribution is -2.50. The van der Waals surface area contributed by atoms with Crippen LogP contribution in [0.4, 0.5) is 17.6 Å². The van der Waals surface area contributed by atoms with E-state index in [1.54, 1.807) is 42.2 Å². The third kappa shape index (κ3) is 11.4. The molecule has 0 aliphatic carbocycles. The summed E-state index contributed by atoms with van der Waals surface area (Å²) in [5.41, 5.74) is 4.68. The number of fused-ring (bicyclic) bond motifs is 7. The Kier molecular flexibility index (Phi) is 14.5. The number of hydrogen-bond acceptors (Lipinski definition) is 13. The number of thiophene rings is 1. The number of piperazine rings is 1. The molecule has 9 rings (SSSR count). The van der Waals surface area contributed by atoms with Gasteiger partial charge < -0.3 is 29.2 Å². The first-order valence-corrected chi connectivity index (χ1v) is 22.6. The number of rotatable bonds is 12. The average Bonchev–Trinajstić information content (AvgIpc) is 3.68. The largest absolute Gasteiger partial charge is 0.487 e. The number of nitrogens with one attached hydrogen (secondary N) is 1. The molecule has 14 nitrogen and oxygen atoms in total. The second-order valence-corrected chi connectivity index (χ2v) is 17.2. The van der Waals surface area contributed by atoms with Crippen LogP contribution in [0.3, 0.4) is 0 Å². The monoisotopic (exact) mass is 961 g/mol. The Morgan fingerprint density at radius 3 is 2.60 bits per heavy atom. The predicted octanol–water partition coefficient (Wildman–Crippen LogP) is 7.70. The van der Waals surface area contributed by atoms with Gasteiger partial charge in [0.1, 0.15) is 35.9 Å². The minimum atomic E-state index is -4.42. The van der Waals surface area contributed by atoms with Crippen molar-refractivity contribution < 1.29 is 50.9 Å². The molecule has 0 radical (unpaired) electrons. The van der Waals surface area contributed by atoms with Crippen molar-refractivity contribution in [2.45, 2.75) is 58.5 Å². The van der Waals surface area contributed by atoms with Crippen molar-refractivity contribution in [1.82, 2.24) is 35.1 Å². The Morgan fingerprint density at radius 1 is 1.00 bits per heavy atom. The minimum Gasteiger partial charge on any atom is -0.487 e. The number of benzene rings is 3. The molecule has 20 heteroatoms. The summed E-state index contributed by atoms with van der Waals surface area (Å²) in [6.07, 6.45) is -4.48. The average molecular weight is 962 g/mol. The molecule has 2 amide bonds. The van der Waals surface area contributed by atoms with Gasteiger partial charge in [0.25, 0.3) is 0 Å². The van der Waals surface area contributed by atoms with Gasteiger partial charge >= 0.3 is 18.2 Å². The number of amides is 2. The van der Waals surface area contributed by atoms with Gasteiger partial charge in [-0.15, -0.1) is 11.3 Å². The van der Waals surface area contributed by atoms with Crippen molar-refractivity contribution in [3.63, 3.8) is 0 Å². The molecule has 0 saturated carbocycles. The second kappa shape index (κ2) is 20.6. The van der Waals surface area contributed by atoms with Crippen LogP contribution < -0.4 is 19.5 Å². The van der Waals surface area contributed by atoms with Gasteiger partial charge in [-0.25, -0.2) is 24.1 Å². The molecule has 6 aromatic rings. The van der Waals surface area contributed by atoms with Crippen molar-refractivity contribution in [3.05, 3.63) is 112 Å². The minimum absolute atomic E-state index is 0.0251. The van der Waals surface area contributed by atoms with E-state index < -0.39 is 37.1 Å². The summed E-state index contributed by atoms with van der Waals surface area (Å²) in [6, 6.07) is 16.2. The van der Waals surface area contributed by atoms with Crippen molar-refractivity contribution in [2.75, 3.05) is 45.9 Å². The van der Waals surface area contributed by atoms with Crippen LogP contribution >= 0.6 is 22.9 Å². The summed E-state index contributed by atoms with van der Waals surface area (Å²) < 4.78 is 76.3. The fraction of sp³-hybridized carbons (Fsp3) is 0.340. The van der Waals surface area contributed by atoms with E-state index in [9.17, 15) is 31.9 Å². The van der Waals surface area contributed by atoms with Gasteiger partial charge in [0.15, 0.2) is 0 Å². The van der Waals surface area contributed by atoms with E-state index in [1.807, 2.05) is 24.0 Å². The number of esters is 1. The quantitative estimate of drug-likeness (QED) is 0.0944. The van der Waals surface area contributed by atoms with Crippen LogP contribution in [0.5, 0.6) is 17.6 Å². The SMILES string of the molecule is CCOC(=O)[C@H]1Cc2cc(ccc2OCc2ccnc(OCCC(F)(F)F)n2)CC(=O)N(CCN2CCNC(=O)C2)Cc2ccc(c(C)c2Cl)-c2c(-c3ccc(F)cc3)sc3ncnc(c23)O1. The van der Waals surface area contributed by atoms with Crippen molar-refractivity contribution in [1.29, 1.82) is 0 Å². The molecule has 1 saturated heterocycles. The highest BCUT2D eigenvalue weighted by Crippen LogP contribution is 2.49. The molecular formula is C47H44ClF4N7O7S. The smallest absolute Gasteiger partial charge is 0.392 e. The van der Waals surface area contributed by atoms with Crippen LogP contribution in [-0.4, -0.2) is 106 Å². The number of carbonyl (C=O) groups excluding carboxylic acids is 3. The summed E-state index contributed by atoms with van der Waals surface area (Å²) >= 11 is 8.60. The Balaban J connectivity index is 1.23. The normalized spacial score (nSPS) is 15.8. The van der Waals surface area contributed by atoms with Crippen molar-refractivity contribution in [2.24, 2.45) is 0 Å². The Labute approximate surface area is 391 Å². The number of nitrogens with zero attached hydrogens (tertiary/aromatic N) is 6. The summed E-state index contributed by atoms with van der Waals surface area (Å²) in [5.74, 6) is -1.11. The summed E-state index contributed by atoms with van der Waals surface area (Å²) in [4.78, 5) is 63.0. The van der Waals surface area contributed by atoms with Gasteiger partial charge in [-0.3, -0.25) is 14.5 Å². The van der Waals surface area contributed by atoms with E-state index in [-0.39, 0.29) is 75.1 Å². The van der Waals surface area contributed by atoms with Crippen LogP contribution in [0.1, 0.15) is 41.3 Å². The molecule has 3 aliphatic heterocycles. The zero-order chi connectivity index (χ0) is 47.2. The molecule has 0 spiro atoms. The van der Waals surface area contributed by atoms with Gasteiger partial charge in [0, 0.05) is 60.8 Å². The number of carbonyl (C=O) groups is 3. The van der Waals surface area contributed by atoms with E-state index in [2.05, 4.69) is 25.3 Å². The molecule has 3 aliphatic rings. The van der Waals surface area contributed by atoms with E-state index in [4.69, 9.17) is 30.5 Å². The first-order valence-electron chi connectivity index (χ1n) is 21.4. The van der Waals surface area contributed by atoms with Gasteiger partial charge in [-0.05, 0) is 71.5 Å². The number of aromatic nitrogens is 4. The number of hydrogen-bond donors (Lipinski definition) is 1. The highest BCUT2D eigenvalue weighted by Gasteiger charge is 2.31. The zero-order valence-electron chi connectivity index (χ0n) is 36.3. The van der Waals surface area contributed by atoms with Crippen LogP contribution in [0.25, 0.3) is 31.8 Å². The lowest BCUT2D eigenvalue weighted by atomic mass is 9.94. The highest BCUT2D eigenvalue weighted by atomic mass is 35.5. The topological polar surface area (TPSA) is 158 Å². The maximum Gasteiger partial charge on any atom is 0.392 e. The molecule has 4 bridgehead atoms. The van der Waals surface area contributed by atoms with Gasteiger partial charge in [-0.2, -0.15) is 18.2 Å². The van der Waals surface area contributed by atoms with Crippen molar-refractivity contribution in [3.8, 4) is 39.2 Å². The molecule has 1 atom stereocenters. The summed E-state index contributed by atoms with van der Waals surface area (Å²) in [6.45, 7) is 4.87. The van der Waals surface area contributed by atoms with E-state index in [0.717, 1.165) is 0 Å². The fourth-order valence-electron chi connectivity index (χ4n) is 7.84. The lowest BCUT2D eigenvalue weighted by Gasteiger charge is -2.30. The first kappa shape index (κ1) is 47.1.